The minimum Gasteiger partial charge on any atom is -0.497 e. The van der Waals surface area contributed by atoms with Crippen molar-refractivity contribution in [1.29, 1.82) is 0 Å². The highest BCUT2D eigenvalue weighted by Crippen LogP contribution is 2.40. The molecule has 1 N–H and O–H groups in total. The van der Waals surface area contributed by atoms with E-state index in [1.165, 1.54) is 12.0 Å². The molecule has 2 aromatic rings. The summed E-state index contributed by atoms with van der Waals surface area (Å²) >= 11 is 0. The second-order valence-corrected chi connectivity index (χ2v) is 5.85. The second-order valence-electron chi connectivity index (χ2n) is 5.85. The Morgan fingerprint density at radius 1 is 1.12 bits per heavy atom. The number of benzene rings is 2. The van der Waals surface area contributed by atoms with Gasteiger partial charge in [0.2, 0.25) is 0 Å². The van der Waals surface area contributed by atoms with Gasteiger partial charge in [0.15, 0.2) is 5.72 Å². The zero-order valence-corrected chi connectivity index (χ0v) is 14.1. The van der Waals surface area contributed by atoms with Gasteiger partial charge in [-0.25, -0.2) is 0 Å². The Hall–Kier alpha value is -2.86. The molecule has 130 valence electrons. The van der Waals surface area contributed by atoms with Gasteiger partial charge in [-0.3, -0.25) is 9.59 Å². The van der Waals surface area contributed by atoms with Gasteiger partial charge in [-0.1, -0.05) is 30.3 Å². The first-order valence-corrected chi connectivity index (χ1v) is 7.83. The van der Waals surface area contributed by atoms with Crippen LogP contribution in [0.3, 0.4) is 0 Å². The van der Waals surface area contributed by atoms with Crippen molar-refractivity contribution >= 4 is 11.9 Å². The summed E-state index contributed by atoms with van der Waals surface area (Å²) in [6.45, 7) is 0.158. The average Bonchev–Trinajstić information content (AvgIpc) is 2.84. The number of nitrogens with zero attached hydrogens (tertiary/aromatic N) is 1. The third-order valence-corrected chi connectivity index (χ3v) is 4.40. The molecule has 0 saturated carbocycles. The molecule has 1 amide bonds. The molecule has 1 heterocycles. The van der Waals surface area contributed by atoms with Crippen LogP contribution in [0, 0.1) is 0 Å². The highest BCUT2D eigenvalue weighted by Gasteiger charge is 2.49. The van der Waals surface area contributed by atoms with Crippen LogP contribution in [-0.2, 0) is 21.8 Å². The maximum Gasteiger partial charge on any atom is 0.310 e. The Morgan fingerprint density at radius 3 is 2.44 bits per heavy atom. The van der Waals surface area contributed by atoms with Crippen molar-refractivity contribution in [2.24, 2.45) is 0 Å². The average molecular weight is 341 g/mol. The van der Waals surface area contributed by atoms with Crippen LogP contribution in [0.15, 0.2) is 48.5 Å². The van der Waals surface area contributed by atoms with Crippen molar-refractivity contribution in [1.82, 2.24) is 4.90 Å². The maximum absolute atomic E-state index is 12.8. The van der Waals surface area contributed by atoms with Gasteiger partial charge in [-0.2, -0.15) is 0 Å². The summed E-state index contributed by atoms with van der Waals surface area (Å²) in [5.74, 6) is -0.214. The monoisotopic (exact) mass is 341 g/mol. The van der Waals surface area contributed by atoms with E-state index in [9.17, 15) is 14.7 Å². The Morgan fingerprint density at radius 2 is 1.80 bits per heavy atom. The first kappa shape index (κ1) is 17.0. The van der Waals surface area contributed by atoms with Gasteiger partial charge in [0.25, 0.3) is 5.91 Å². The number of hydrogen-bond acceptors (Lipinski definition) is 5. The van der Waals surface area contributed by atoms with E-state index in [0.29, 0.717) is 16.9 Å². The number of amides is 1. The normalized spacial score (nSPS) is 18.8. The predicted octanol–water partition coefficient (Wildman–Crippen LogP) is 2.06. The lowest BCUT2D eigenvalue weighted by molar-refractivity contribution is -0.156. The lowest BCUT2D eigenvalue weighted by atomic mass is 9.98. The number of methoxy groups -OCH3 is 2. The minimum absolute atomic E-state index is 0.158. The van der Waals surface area contributed by atoms with Gasteiger partial charge in [0.05, 0.1) is 20.6 Å². The molecule has 2 aromatic carbocycles. The van der Waals surface area contributed by atoms with Gasteiger partial charge in [0.1, 0.15) is 5.75 Å². The van der Waals surface area contributed by atoms with Crippen LogP contribution >= 0.6 is 0 Å². The van der Waals surface area contributed by atoms with E-state index in [1.807, 2.05) is 12.1 Å². The molecule has 0 saturated heterocycles. The lowest BCUT2D eigenvalue weighted by Gasteiger charge is -2.33. The van der Waals surface area contributed by atoms with Gasteiger partial charge < -0.3 is 19.5 Å². The fourth-order valence-corrected chi connectivity index (χ4v) is 3.06. The highest BCUT2D eigenvalue weighted by molar-refractivity contribution is 6.00. The number of rotatable bonds is 5. The fraction of sp³-hybridized carbons (Fsp3) is 0.263. The fourth-order valence-electron chi connectivity index (χ4n) is 3.06. The molecule has 0 radical (unpaired) electrons. The van der Waals surface area contributed by atoms with Crippen molar-refractivity contribution in [3.05, 3.63) is 65.2 Å². The molecule has 3 rings (SSSR count). The molecule has 0 aromatic heterocycles. The van der Waals surface area contributed by atoms with E-state index >= 15 is 0 Å². The van der Waals surface area contributed by atoms with Crippen LogP contribution in [0.4, 0.5) is 0 Å². The van der Waals surface area contributed by atoms with E-state index < -0.39 is 11.7 Å². The smallest absolute Gasteiger partial charge is 0.310 e. The van der Waals surface area contributed by atoms with Crippen LogP contribution in [-0.4, -0.2) is 36.1 Å². The van der Waals surface area contributed by atoms with Gasteiger partial charge in [0, 0.05) is 17.7 Å². The van der Waals surface area contributed by atoms with Crippen molar-refractivity contribution in [3.63, 3.8) is 0 Å². The Balaban J connectivity index is 1.97. The molecule has 0 unspecified atom stereocenters. The summed E-state index contributed by atoms with van der Waals surface area (Å²) in [5.41, 5.74) is -0.118. The van der Waals surface area contributed by atoms with E-state index in [-0.39, 0.29) is 18.9 Å². The van der Waals surface area contributed by atoms with Crippen LogP contribution in [0.5, 0.6) is 5.75 Å². The van der Waals surface area contributed by atoms with E-state index in [0.717, 1.165) is 5.56 Å². The molecule has 0 spiro atoms. The van der Waals surface area contributed by atoms with Crippen LogP contribution in [0.2, 0.25) is 0 Å². The van der Waals surface area contributed by atoms with E-state index in [4.69, 9.17) is 9.47 Å². The van der Waals surface area contributed by atoms with Crippen molar-refractivity contribution in [2.45, 2.75) is 18.7 Å². The Kier molecular flexibility index (Phi) is 4.46. The van der Waals surface area contributed by atoms with Gasteiger partial charge in [-0.05, 0) is 23.8 Å². The van der Waals surface area contributed by atoms with Crippen molar-refractivity contribution < 1.29 is 24.2 Å². The van der Waals surface area contributed by atoms with Crippen LogP contribution < -0.4 is 4.74 Å². The molecule has 0 bridgehead atoms. The van der Waals surface area contributed by atoms with Crippen molar-refractivity contribution in [2.75, 3.05) is 14.2 Å². The standard InChI is InChI=1S/C19H19NO5/c1-24-14-9-7-13(8-10-14)12-20-18(22)15-5-3-4-6-16(15)19(20,23)11-17(21)25-2/h3-10,23H,11-12H2,1-2H3/t19-/m1/s1. The maximum atomic E-state index is 12.8. The summed E-state index contributed by atoms with van der Waals surface area (Å²) in [6.07, 6.45) is -0.331. The first-order chi connectivity index (χ1) is 12.0. The molecular formula is C19H19NO5. The molecule has 25 heavy (non-hydrogen) atoms. The molecule has 0 fully saturated rings. The van der Waals surface area contributed by atoms with E-state index in [2.05, 4.69) is 0 Å². The number of carbonyl (C=O) groups is 2. The zero-order valence-electron chi connectivity index (χ0n) is 14.1. The van der Waals surface area contributed by atoms with E-state index in [1.54, 1.807) is 43.5 Å². The number of esters is 1. The lowest BCUT2D eigenvalue weighted by Crippen LogP contribution is -2.45. The first-order valence-electron chi connectivity index (χ1n) is 7.83. The third kappa shape index (κ3) is 2.96. The van der Waals surface area contributed by atoms with Crippen LogP contribution in [0.1, 0.15) is 27.9 Å². The van der Waals surface area contributed by atoms with Crippen LogP contribution in [0.25, 0.3) is 0 Å². The molecule has 6 nitrogen and oxygen atoms in total. The Labute approximate surface area is 145 Å². The number of aliphatic hydroxyl groups is 1. The quantitative estimate of drug-likeness (QED) is 0.843. The SMILES string of the molecule is COC(=O)C[C@@]1(O)c2ccccc2C(=O)N1Cc1ccc(OC)cc1. The molecular weight excluding hydrogens is 322 g/mol. The minimum atomic E-state index is -1.74. The number of fused-ring (bicyclic) bond motifs is 1. The van der Waals surface area contributed by atoms with Gasteiger partial charge >= 0.3 is 5.97 Å². The molecule has 1 atom stereocenters. The molecule has 1 aliphatic heterocycles. The molecule has 6 heteroatoms. The highest BCUT2D eigenvalue weighted by atomic mass is 16.5. The summed E-state index contributed by atoms with van der Waals surface area (Å²) in [5, 5.41) is 11.2. The van der Waals surface area contributed by atoms with Gasteiger partial charge in [-0.15, -0.1) is 0 Å². The molecule has 1 aliphatic rings. The van der Waals surface area contributed by atoms with Crippen molar-refractivity contribution in [3.8, 4) is 5.75 Å². The Bertz CT molecular complexity index is 802. The summed E-state index contributed by atoms with van der Waals surface area (Å²) in [6, 6.07) is 13.9. The molecule has 0 aliphatic carbocycles. The predicted molar refractivity (Wildman–Crippen MR) is 89.8 cm³/mol. The second kappa shape index (κ2) is 6.57. The summed E-state index contributed by atoms with van der Waals surface area (Å²) < 4.78 is 9.83. The largest absolute Gasteiger partial charge is 0.497 e. The third-order valence-electron chi connectivity index (χ3n) is 4.40. The number of ether oxygens (including phenoxy) is 2. The summed E-state index contributed by atoms with van der Waals surface area (Å²) in [4.78, 5) is 25.9. The zero-order chi connectivity index (χ0) is 18.0. The number of hydrogen-bond donors (Lipinski definition) is 1. The number of carbonyl (C=O) groups excluding carboxylic acids is 2. The topological polar surface area (TPSA) is 76.1 Å². The summed E-state index contributed by atoms with van der Waals surface area (Å²) in [7, 11) is 2.83.